The molecule has 0 bridgehead atoms. The van der Waals surface area contributed by atoms with Crippen LogP contribution in [0.15, 0.2) is 18.2 Å². The zero-order valence-corrected chi connectivity index (χ0v) is 15.4. The van der Waals surface area contributed by atoms with E-state index in [4.69, 9.17) is 10.2 Å². The third-order valence-corrected chi connectivity index (χ3v) is 8.81. The van der Waals surface area contributed by atoms with Crippen LogP contribution in [0.25, 0.3) is 0 Å². The second-order valence-corrected chi connectivity index (χ2v) is 13.0. The molecule has 0 aliphatic carbocycles. The average Bonchev–Trinajstić information content (AvgIpc) is 2.23. The first-order valence-electron chi connectivity index (χ1n) is 7.37. The number of rotatable bonds is 3. The minimum atomic E-state index is -1.70. The van der Waals surface area contributed by atoms with Crippen molar-refractivity contribution in [1.29, 1.82) is 0 Å². The minimum absolute atomic E-state index is 0.0862. The number of nitrogen functional groups attached to an aromatic ring is 1. The van der Waals surface area contributed by atoms with E-state index >= 15 is 0 Å². The molecule has 1 aromatic rings. The van der Waals surface area contributed by atoms with Crippen molar-refractivity contribution in [3.8, 4) is 0 Å². The van der Waals surface area contributed by atoms with Crippen molar-refractivity contribution in [2.24, 2.45) is 0 Å². The van der Waals surface area contributed by atoms with E-state index in [0.717, 1.165) is 5.69 Å². The molecule has 0 saturated carbocycles. The van der Waals surface area contributed by atoms with Gasteiger partial charge in [0.25, 0.3) is 0 Å². The third kappa shape index (κ3) is 4.09. The first-order chi connectivity index (χ1) is 8.84. The van der Waals surface area contributed by atoms with Gasteiger partial charge in [-0.1, -0.05) is 53.7 Å². The van der Waals surface area contributed by atoms with Gasteiger partial charge < -0.3 is 10.2 Å². The predicted molar refractivity (Wildman–Crippen MR) is 91.5 cm³/mol. The maximum absolute atomic E-state index is 6.24. The first kappa shape index (κ1) is 17.2. The van der Waals surface area contributed by atoms with E-state index < -0.39 is 8.32 Å². The van der Waals surface area contributed by atoms with E-state index in [1.807, 2.05) is 0 Å². The molecule has 0 atom stereocenters. The van der Waals surface area contributed by atoms with Crippen LogP contribution in [-0.2, 0) is 16.4 Å². The highest BCUT2D eigenvalue weighted by Gasteiger charge is 2.37. The van der Waals surface area contributed by atoms with Gasteiger partial charge in [-0.25, -0.2) is 0 Å². The monoisotopic (exact) mass is 293 g/mol. The highest BCUT2D eigenvalue weighted by Crippen LogP contribution is 2.37. The second-order valence-electron chi connectivity index (χ2n) is 8.22. The van der Waals surface area contributed by atoms with E-state index in [1.54, 1.807) is 0 Å². The Morgan fingerprint density at radius 3 is 2.00 bits per heavy atom. The van der Waals surface area contributed by atoms with Crippen LogP contribution in [0.3, 0.4) is 0 Å². The van der Waals surface area contributed by atoms with Gasteiger partial charge in [-0.05, 0) is 40.7 Å². The van der Waals surface area contributed by atoms with Gasteiger partial charge in [0.1, 0.15) is 0 Å². The maximum atomic E-state index is 6.24. The maximum Gasteiger partial charge on any atom is 0.192 e. The largest absolute Gasteiger partial charge is 0.413 e. The summed E-state index contributed by atoms with van der Waals surface area (Å²) in [5.74, 6) is 0. The van der Waals surface area contributed by atoms with Gasteiger partial charge in [0.15, 0.2) is 8.32 Å². The summed E-state index contributed by atoms with van der Waals surface area (Å²) in [5.41, 5.74) is 9.51. The summed E-state index contributed by atoms with van der Waals surface area (Å²) in [6, 6.07) is 6.34. The van der Waals surface area contributed by atoms with Crippen LogP contribution in [0, 0.1) is 0 Å². The first-order valence-corrected chi connectivity index (χ1v) is 10.3. The Hall–Kier alpha value is -0.803. The Labute approximate surface area is 125 Å². The molecule has 2 nitrogen and oxygen atoms in total. The summed E-state index contributed by atoms with van der Waals surface area (Å²) < 4.78 is 6.24. The van der Waals surface area contributed by atoms with Gasteiger partial charge in [0, 0.05) is 5.69 Å². The molecule has 0 radical (unpaired) electrons. The van der Waals surface area contributed by atoms with Gasteiger partial charge in [-0.15, -0.1) is 0 Å². The molecule has 0 unspecified atom stereocenters. The Kier molecular flexibility index (Phi) is 4.77. The highest BCUT2D eigenvalue weighted by atomic mass is 28.4. The number of anilines is 1. The molecule has 3 heteroatoms. The van der Waals surface area contributed by atoms with E-state index in [1.165, 1.54) is 11.1 Å². The molecular formula is C17H31NOSi. The molecule has 0 aliphatic heterocycles. The lowest BCUT2D eigenvalue weighted by atomic mass is 9.85. The Bertz CT molecular complexity index is 467. The molecule has 0 fully saturated rings. The van der Waals surface area contributed by atoms with Gasteiger partial charge in [0.05, 0.1) is 6.61 Å². The van der Waals surface area contributed by atoms with Crippen LogP contribution in [0.1, 0.15) is 52.7 Å². The number of benzene rings is 1. The smallest absolute Gasteiger partial charge is 0.192 e. The number of hydrogen-bond acceptors (Lipinski definition) is 2. The number of hydrogen-bond donors (Lipinski definition) is 1. The van der Waals surface area contributed by atoms with Crippen molar-refractivity contribution in [3.63, 3.8) is 0 Å². The molecule has 2 N–H and O–H groups in total. The summed E-state index contributed by atoms with van der Waals surface area (Å²) in [4.78, 5) is 0. The summed E-state index contributed by atoms with van der Waals surface area (Å²) in [7, 11) is -1.70. The average molecular weight is 294 g/mol. The zero-order valence-electron chi connectivity index (χ0n) is 14.4. The summed E-state index contributed by atoms with van der Waals surface area (Å²) in [6.45, 7) is 18.5. The summed E-state index contributed by atoms with van der Waals surface area (Å²) >= 11 is 0. The topological polar surface area (TPSA) is 35.2 Å². The van der Waals surface area contributed by atoms with Crippen molar-refractivity contribution >= 4 is 14.0 Å². The predicted octanol–water partition coefficient (Wildman–Crippen LogP) is 5.09. The Morgan fingerprint density at radius 2 is 1.60 bits per heavy atom. The molecule has 20 heavy (non-hydrogen) atoms. The lowest BCUT2D eigenvalue weighted by Crippen LogP contribution is -2.40. The minimum Gasteiger partial charge on any atom is -0.413 e. The summed E-state index contributed by atoms with van der Waals surface area (Å²) in [5, 5.41) is 0.240. The second kappa shape index (κ2) is 5.53. The number of nitrogens with two attached hydrogens (primary N) is 1. The van der Waals surface area contributed by atoms with Crippen molar-refractivity contribution in [2.75, 3.05) is 5.73 Å². The van der Waals surface area contributed by atoms with E-state index in [9.17, 15) is 0 Å². The van der Waals surface area contributed by atoms with Crippen LogP contribution in [0.2, 0.25) is 18.1 Å². The van der Waals surface area contributed by atoms with E-state index in [-0.39, 0.29) is 10.5 Å². The molecule has 0 heterocycles. The van der Waals surface area contributed by atoms with Crippen molar-refractivity contribution < 1.29 is 4.43 Å². The van der Waals surface area contributed by atoms with Gasteiger partial charge in [-0.3, -0.25) is 0 Å². The van der Waals surface area contributed by atoms with Crippen LogP contribution in [-0.4, -0.2) is 8.32 Å². The fraction of sp³-hybridized carbons (Fsp3) is 0.647. The van der Waals surface area contributed by atoms with Crippen molar-refractivity contribution in [3.05, 3.63) is 29.3 Å². The van der Waals surface area contributed by atoms with E-state index in [0.29, 0.717) is 6.61 Å². The molecule has 0 spiro atoms. The SMILES string of the molecule is CC(C)(C)c1ccc(CO[Si](C)(C)C(C)(C)C)cc1N. The van der Waals surface area contributed by atoms with Crippen LogP contribution < -0.4 is 5.73 Å². The fourth-order valence-corrected chi connectivity index (χ4v) is 2.83. The molecular weight excluding hydrogens is 262 g/mol. The summed E-state index contributed by atoms with van der Waals surface area (Å²) in [6.07, 6.45) is 0. The van der Waals surface area contributed by atoms with Crippen molar-refractivity contribution in [2.45, 2.75) is 71.7 Å². The highest BCUT2D eigenvalue weighted by molar-refractivity contribution is 6.74. The third-order valence-electron chi connectivity index (χ3n) is 4.33. The molecule has 1 aromatic carbocycles. The van der Waals surface area contributed by atoms with E-state index in [2.05, 4.69) is 72.8 Å². The Balaban J connectivity index is 2.84. The van der Waals surface area contributed by atoms with Gasteiger partial charge in [-0.2, -0.15) is 0 Å². The molecule has 0 amide bonds. The van der Waals surface area contributed by atoms with Crippen LogP contribution in [0.4, 0.5) is 5.69 Å². The molecule has 0 saturated heterocycles. The molecule has 0 aromatic heterocycles. The fourth-order valence-electron chi connectivity index (χ4n) is 1.87. The zero-order chi connectivity index (χ0) is 15.8. The van der Waals surface area contributed by atoms with Gasteiger partial charge >= 0.3 is 0 Å². The molecule has 1 rings (SSSR count). The Morgan fingerprint density at radius 1 is 1.05 bits per heavy atom. The normalized spacial score (nSPS) is 13.6. The quantitative estimate of drug-likeness (QED) is 0.622. The standard InChI is InChI=1S/C17H31NOSi/c1-16(2,3)14-10-9-13(11-15(14)18)12-19-20(7,8)17(4,5)6/h9-11H,12,18H2,1-8H3. The van der Waals surface area contributed by atoms with Crippen LogP contribution >= 0.6 is 0 Å². The molecule has 114 valence electrons. The molecule has 0 aliphatic rings. The van der Waals surface area contributed by atoms with Gasteiger partial charge in [0.2, 0.25) is 0 Å². The lowest BCUT2D eigenvalue weighted by molar-refractivity contribution is 0.276. The van der Waals surface area contributed by atoms with Crippen molar-refractivity contribution in [1.82, 2.24) is 0 Å². The lowest BCUT2D eigenvalue weighted by Gasteiger charge is -2.36. The van der Waals surface area contributed by atoms with Crippen LogP contribution in [0.5, 0.6) is 0 Å².